The van der Waals surface area contributed by atoms with Crippen LogP contribution in [0.5, 0.6) is 0 Å². The van der Waals surface area contributed by atoms with Crippen LogP contribution in [0.1, 0.15) is 29.9 Å². The second-order valence-electron chi connectivity index (χ2n) is 6.91. The first-order valence-corrected chi connectivity index (χ1v) is 9.24. The van der Waals surface area contributed by atoms with Gasteiger partial charge in [0.25, 0.3) is 5.91 Å². The number of aromatic nitrogens is 1. The Morgan fingerprint density at radius 2 is 1.59 bits per heavy atom. The van der Waals surface area contributed by atoms with Crippen molar-refractivity contribution in [3.63, 3.8) is 0 Å². The fourth-order valence-electron chi connectivity index (χ4n) is 2.77. The predicted molar refractivity (Wildman–Crippen MR) is 110 cm³/mol. The Balaban J connectivity index is 1.83. The van der Waals surface area contributed by atoms with E-state index in [9.17, 15) is 4.79 Å². The topological polar surface area (TPSA) is 45.2 Å². The summed E-state index contributed by atoms with van der Waals surface area (Å²) in [5.41, 5.74) is 3.68. The molecular formula is C23H25N3O. The summed E-state index contributed by atoms with van der Waals surface area (Å²) in [6.45, 7) is 5.51. The standard InChI is InChI=1S/C23H25N3O/c1-18(2)15-25-23(27)22-14-13-21(16-24-22)26(20-11-7-4-8-12-20)17-19-9-5-3-6-10-19/h3-14,16,18H,15,17H2,1-2H3,(H,25,27). The van der Waals surface area contributed by atoms with Crippen LogP contribution in [-0.4, -0.2) is 17.4 Å². The highest BCUT2D eigenvalue weighted by Gasteiger charge is 2.13. The van der Waals surface area contributed by atoms with Gasteiger partial charge < -0.3 is 10.2 Å². The Labute approximate surface area is 160 Å². The van der Waals surface area contributed by atoms with E-state index in [4.69, 9.17) is 0 Å². The fraction of sp³-hybridized carbons (Fsp3) is 0.217. The summed E-state index contributed by atoms with van der Waals surface area (Å²) in [6.07, 6.45) is 1.76. The molecule has 0 atom stereocenters. The summed E-state index contributed by atoms with van der Waals surface area (Å²) >= 11 is 0. The van der Waals surface area contributed by atoms with Gasteiger partial charge >= 0.3 is 0 Å². The molecule has 0 aliphatic carbocycles. The summed E-state index contributed by atoms with van der Waals surface area (Å²) in [5, 5.41) is 2.90. The second kappa shape index (κ2) is 8.99. The lowest BCUT2D eigenvalue weighted by atomic mass is 10.1. The van der Waals surface area contributed by atoms with Crippen molar-refractivity contribution in [2.24, 2.45) is 5.92 Å². The molecule has 1 aromatic heterocycles. The second-order valence-corrected chi connectivity index (χ2v) is 6.91. The van der Waals surface area contributed by atoms with Crippen LogP contribution in [-0.2, 0) is 6.54 Å². The zero-order chi connectivity index (χ0) is 19.1. The van der Waals surface area contributed by atoms with Gasteiger partial charge in [-0.25, -0.2) is 4.98 Å². The largest absolute Gasteiger partial charge is 0.350 e. The van der Waals surface area contributed by atoms with Crippen molar-refractivity contribution in [1.82, 2.24) is 10.3 Å². The van der Waals surface area contributed by atoms with E-state index in [1.807, 2.05) is 42.5 Å². The van der Waals surface area contributed by atoms with Crippen molar-refractivity contribution in [3.8, 4) is 0 Å². The molecule has 3 aromatic rings. The van der Waals surface area contributed by atoms with Crippen molar-refractivity contribution in [3.05, 3.63) is 90.3 Å². The maximum Gasteiger partial charge on any atom is 0.269 e. The van der Waals surface area contributed by atoms with Crippen LogP contribution >= 0.6 is 0 Å². The van der Waals surface area contributed by atoms with E-state index in [1.165, 1.54) is 5.56 Å². The molecule has 0 saturated carbocycles. The molecule has 1 N–H and O–H groups in total. The summed E-state index contributed by atoms with van der Waals surface area (Å²) in [5.74, 6) is 0.275. The van der Waals surface area contributed by atoms with E-state index in [1.54, 1.807) is 12.3 Å². The number of hydrogen-bond acceptors (Lipinski definition) is 3. The summed E-state index contributed by atoms with van der Waals surface area (Å²) < 4.78 is 0. The summed E-state index contributed by atoms with van der Waals surface area (Å²) in [4.78, 5) is 18.8. The number of anilines is 2. The molecule has 0 unspecified atom stereocenters. The number of benzene rings is 2. The Morgan fingerprint density at radius 1 is 0.926 bits per heavy atom. The van der Waals surface area contributed by atoms with Crippen LogP contribution in [0.3, 0.4) is 0 Å². The van der Waals surface area contributed by atoms with Gasteiger partial charge in [0.1, 0.15) is 5.69 Å². The lowest BCUT2D eigenvalue weighted by molar-refractivity contribution is 0.0944. The van der Waals surface area contributed by atoms with Gasteiger partial charge in [0.05, 0.1) is 11.9 Å². The third kappa shape index (κ3) is 5.17. The molecule has 0 aliphatic rings. The van der Waals surface area contributed by atoms with Crippen LogP contribution in [0.2, 0.25) is 0 Å². The van der Waals surface area contributed by atoms with Crippen molar-refractivity contribution in [2.75, 3.05) is 11.4 Å². The monoisotopic (exact) mass is 359 g/mol. The zero-order valence-electron chi connectivity index (χ0n) is 15.8. The average molecular weight is 359 g/mol. The first kappa shape index (κ1) is 18.6. The molecule has 0 aliphatic heterocycles. The van der Waals surface area contributed by atoms with E-state index >= 15 is 0 Å². The summed E-state index contributed by atoms with van der Waals surface area (Å²) in [7, 11) is 0. The molecule has 4 heteroatoms. The molecule has 0 fully saturated rings. The first-order chi connectivity index (χ1) is 13.1. The molecule has 27 heavy (non-hydrogen) atoms. The Hall–Kier alpha value is -3.14. The number of para-hydroxylation sites is 1. The van der Waals surface area contributed by atoms with Gasteiger partial charge in [-0.3, -0.25) is 4.79 Å². The lowest BCUT2D eigenvalue weighted by Crippen LogP contribution is -2.28. The molecule has 0 radical (unpaired) electrons. The Bertz CT molecular complexity index is 846. The number of amides is 1. The highest BCUT2D eigenvalue weighted by molar-refractivity contribution is 5.92. The van der Waals surface area contributed by atoms with Crippen LogP contribution in [0, 0.1) is 5.92 Å². The van der Waals surface area contributed by atoms with Gasteiger partial charge in [-0.2, -0.15) is 0 Å². The van der Waals surface area contributed by atoms with Crippen LogP contribution in [0.25, 0.3) is 0 Å². The van der Waals surface area contributed by atoms with Crippen molar-refractivity contribution in [1.29, 1.82) is 0 Å². The number of hydrogen-bond donors (Lipinski definition) is 1. The molecule has 4 nitrogen and oxygen atoms in total. The van der Waals surface area contributed by atoms with Gasteiger partial charge in [-0.15, -0.1) is 0 Å². The van der Waals surface area contributed by atoms with Crippen LogP contribution in [0.15, 0.2) is 79.0 Å². The normalized spacial score (nSPS) is 10.6. The maximum atomic E-state index is 12.2. The quantitative estimate of drug-likeness (QED) is 0.659. The highest BCUT2D eigenvalue weighted by Crippen LogP contribution is 2.26. The molecular weight excluding hydrogens is 334 g/mol. The number of pyridine rings is 1. The third-order valence-electron chi connectivity index (χ3n) is 4.21. The van der Waals surface area contributed by atoms with Crippen molar-refractivity contribution < 1.29 is 4.79 Å². The average Bonchev–Trinajstić information content (AvgIpc) is 2.72. The number of nitrogens with one attached hydrogen (secondary N) is 1. The molecule has 138 valence electrons. The Morgan fingerprint density at radius 3 is 2.19 bits per heavy atom. The minimum Gasteiger partial charge on any atom is -0.350 e. The number of nitrogens with zero attached hydrogens (tertiary/aromatic N) is 2. The van der Waals surface area contributed by atoms with E-state index in [-0.39, 0.29) is 5.91 Å². The minimum atomic E-state index is -0.135. The molecule has 0 spiro atoms. The number of carbonyl (C=O) groups excluding carboxylic acids is 1. The van der Waals surface area contributed by atoms with Gasteiger partial charge in [-0.05, 0) is 35.7 Å². The van der Waals surface area contributed by atoms with E-state index in [0.717, 1.165) is 17.9 Å². The fourth-order valence-corrected chi connectivity index (χ4v) is 2.77. The van der Waals surface area contributed by atoms with Gasteiger partial charge in [0, 0.05) is 18.8 Å². The SMILES string of the molecule is CC(C)CNC(=O)c1ccc(N(Cc2ccccc2)c2ccccc2)cn1. The van der Waals surface area contributed by atoms with Gasteiger partial charge in [-0.1, -0.05) is 62.4 Å². The van der Waals surface area contributed by atoms with Crippen molar-refractivity contribution >= 4 is 17.3 Å². The van der Waals surface area contributed by atoms with E-state index in [0.29, 0.717) is 18.2 Å². The zero-order valence-corrected chi connectivity index (χ0v) is 15.8. The van der Waals surface area contributed by atoms with E-state index < -0.39 is 0 Å². The summed E-state index contributed by atoms with van der Waals surface area (Å²) in [6, 6.07) is 24.2. The lowest BCUT2D eigenvalue weighted by Gasteiger charge is -2.25. The van der Waals surface area contributed by atoms with Crippen LogP contribution < -0.4 is 10.2 Å². The van der Waals surface area contributed by atoms with Crippen molar-refractivity contribution in [2.45, 2.75) is 20.4 Å². The first-order valence-electron chi connectivity index (χ1n) is 9.24. The van der Waals surface area contributed by atoms with Gasteiger partial charge in [0.2, 0.25) is 0 Å². The molecule has 1 heterocycles. The van der Waals surface area contributed by atoms with Crippen LogP contribution in [0.4, 0.5) is 11.4 Å². The highest BCUT2D eigenvalue weighted by atomic mass is 16.1. The molecule has 3 rings (SSSR count). The molecule has 1 amide bonds. The third-order valence-corrected chi connectivity index (χ3v) is 4.21. The minimum absolute atomic E-state index is 0.135. The smallest absolute Gasteiger partial charge is 0.269 e. The molecule has 0 bridgehead atoms. The Kier molecular flexibility index (Phi) is 6.21. The molecule has 0 saturated heterocycles. The van der Waals surface area contributed by atoms with E-state index in [2.05, 4.69) is 53.3 Å². The van der Waals surface area contributed by atoms with Gasteiger partial charge in [0.15, 0.2) is 0 Å². The maximum absolute atomic E-state index is 12.2. The number of carbonyl (C=O) groups is 1. The number of rotatable bonds is 7. The molecule has 2 aromatic carbocycles. The predicted octanol–water partition coefficient (Wildman–Crippen LogP) is 4.81.